The summed E-state index contributed by atoms with van der Waals surface area (Å²) in [6, 6.07) is 34.0. The molecule has 0 spiro atoms. The van der Waals surface area contributed by atoms with E-state index >= 15 is 0 Å². The van der Waals surface area contributed by atoms with Crippen LogP contribution in [0.3, 0.4) is 0 Å². The Kier molecular flexibility index (Phi) is 13.5. The standard InChI is InChI=1S/C34H37BN2O6/c1-26(2)22-30(37-31(38)23-36-32(39)29-20-14-6-4-3-5-7-15-21-29)35(33(40)42-24-27-16-10-8-11-17-27)34(41)43-25-28-18-12-9-13-19-28/h3-21,26,30H,22-25H2,1-2H3,(H,36,39)(H,37,38)/t30-/m0/s1. The van der Waals surface area contributed by atoms with E-state index in [1.807, 2.05) is 68.4 Å². The van der Waals surface area contributed by atoms with E-state index in [4.69, 9.17) is 9.47 Å². The molecular weight excluding hydrogens is 543 g/mol. The van der Waals surface area contributed by atoms with Crippen molar-refractivity contribution in [2.75, 3.05) is 6.54 Å². The van der Waals surface area contributed by atoms with Crippen LogP contribution in [0.4, 0.5) is 9.59 Å². The van der Waals surface area contributed by atoms with Gasteiger partial charge in [-0.1, -0.05) is 117 Å². The molecule has 222 valence electrons. The van der Waals surface area contributed by atoms with Gasteiger partial charge in [0.25, 0.3) is 17.6 Å². The van der Waals surface area contributed by atoms with Crippen molar-refractivity contribution >= 4 is 30.3 Å². The number of carbonyl (C=O) groups is 4. The van der Waals surface area contributed by atoms with Gasteiger partial charge in [-0.2, -0.15) is 0 Å². The second-order valence-electron chi connectivity index (χ2n) is 10.3. The fourth-order valence-electron chi connectivity index (χ4n) is 4.21. The van der Waals surface area contributed by atoms with Crippen LogP contribution in [0.1, 0.15) is 41.8 Å². The lowest BCUT2D eigenvalue weighted by Crippen LogP contribution is -2.57. The third kappa shape index (κ3) is 11.8. The van der Waals surface area contributed by atoms with Crippen LogP contribution in [-0.4, -0.2) is 42.8 Å². The minimum absolute atomic E-state index is 0.0124. The maximum atomic E-state index is 13.4. The monoisotopic (exact) mass is 580 g/mol. The van der Waals surface area contributed by atoms with Crippen molar-refractivity contribution < 1.29 is 28.7 Å². The van der Waals surface area contributed by atoms with Crippen molar-refractivity contribution in [3.05, 3.63) is 132 Å². The van der Waals surface area contributed by atoms with E-state index in [-0.39, 0.29) is 25.7 Å². The molecule has 1 atom stereocenters. The molecule has 0 aliphatic rings. The summed E-state index contributed by atoms with van der Waals surface area (Å²) in [4.78, 5) is 52.6. The molecular formula is C34H37BN2O6. The SMILES string of the molecule is CC(C)C[C@H](NC(=O)CNC(=O)c1ccccccccc1)B(C(=O)OCc1ccccc1)C(=O)OCc1ccccc1. The number of hydrogen-bond donors (Lipinski definition) is 2. The second kappa shape index (κ2) is 17.8. The molecule has 3 rings (SSSR count). The van der Waals surface area contributed by atoms with Crippen molar-refractivity contribution in [3.63, 3.8) is 0 Å². The summed E-state index contributed by atoms with van der Waals surface area (Å²) >= 11 is 0. The Hall–Kier alpha value is -4.92. The molecule has 3 aromatic rings. The number of hydrogen-bond acceptors (Lipinski definition) is 6. The van der Waals surface area contributed by atoms with E-state index in [1.54, 1.807) is 60.7 Å². The van der Waals surface area contributed by atoms with Crippen LogP contribution >= 0.6 is 0 Å². The molecule has 43 heavy (non-hydrogen) atoms. The highest BCUT2D eigenvalue weighted by atomic mass is 16.5. The lowest BCUT2D eigenvalue weighted by molar-refractivity contribution is -0.120. The number of amides is 2. The fraction of sp³-hybridized carbons (Fsp3) is 0.235. The predicted molar refractivity (Wildman–Crippen MR) is 167 cm³/mol. The van der Waals surface area contributed by atoms with Crippen LogP contribution in [0, 0.1) is 5.92 Å². The van der Waals surface area contributed by atoms with Crippen molar-refractivity contribution in [2.24, 2.45) is 5.92 Å². The van der Waals surface area contributed by atoms with Crippen molar-refractivity contribution in [2.45, 2.75) is 39.4 Å². The van der Waals surface area contributed by atoms with Gasteiger partial charge in [-0.15, -0.1) is 0 Å². The van der Waals surface area contributed by atoms with Gasteiger partial charge in [-0.3, -0.25) is 19.2 Å². The van der Waals surface area contributed by atoms with E-state index in [0.717, 1.165) is 11.1 Å². The Bertz CT molecular complexity index is 1320. The summed E-state index contributed by atoms with van der Waals surface area (Å²) in [5.41, 5.74) is 1.86. The van der Waals surface area contributed by atoms with Gasteiger partial charge in [0.05, 0.1) is 6.54 Å². The largest absolute Gasteiger partial charge is 0.468 e. The van der Waals surface area contributed by atoms with Gasteiger partial charge in [0.1, 0.15) is 13.2 Å². The van der Waals surface area contributed by atoms with Gasteiger partial charge in [0, 0.05) is 11.5 Å². The third-order valence-corrected chi connectivity index (χ3v) is 6.32. The molecule has 0 aliphatic carbocycles. The minimum Gasteiger partial charge on any atom is -0.468 e. The summed E-state index contributed by atoms with van der Waals surface area (Å²) in [5, 5.41) is 5.39. The number of benzene rings is 2. The van der Waals surface area contributed by atoms with Gasteiger partial charge in [-0.05, 0) is 35.6 Å². The van der Waals surface area contributed by atoms with Crippen molar-refractivity contribution in [3.8, 4) is 0 Å². The molecule has 3 aromatic carbocycles. The second-order valence-corrected chi connectivity index (χ2v) is 10.3. The highest BCUT2D eigenvalue weighted by Gasteiger charge is 2.45. The highest BCUT2D eigenvalue weighted by molar-refractivity contribution is 7.10. The van der Waals surface area contributed by atoms with Gasteiger partial charge in [0.2, 0.25) is 5.91 Å². The summed E-state index contributed by atoms with van der Waals surface area (Å²) in [6.45, 7) is 1.98. The topological polar surface area (TPSA) is 111 Å². The molecule has 0 heterocycles. The van der Waals surface area contributed by atoms with Gasteiger partial charge in [-0.25, -0.2) is 0 Å². The lowest BCUT2D eigenvalue weighted by atomic mass is 9.42. The lowest BCUT2D eigenvalue weighted by Gasteiger charge is -2.25. The molecule has 0 aliphatic heterocycles. The molecule has 0 saturated carbocycles. The van der Waals surface area contributed by atoms with Gasteiger partial charge < -0.3 is 20.1 Å². The van der Waals surface area contributed by atoms with Crippen LogP contribution in [0.2, 0.25) is 0 Å². The predicted octanol–water partition coefficient (Wildman–Crippen LogP) is 5.94. The molecule has 0 bridgehead atoms. The molecule has 0 saturated heterocycles. The third-order valence-electron chi connectivity index (χ3n) is 6.32. The van der Waals surface area contributed by atoms with Crippen LogP contribution < -0.4 is 10.6 Å². The van der Waals surface area contributed by atoms with E-state index in [9.17, 15) is 19.2 Å². The zero-order chi connectivity index (χ0) is 30.9. The van der Waals surface area contributed by atoms with E-state index in [1.165, 1.54) is 0 Å². The van der Waals surface area contributed by atoms with Crippen molar-refractivity contribution in [1.82, 2.24) is 10.6 Å². The number of carbonyl (C=O) groups excluding carboxylic acids is 4. The number of rotatable bonds is 13. The average Bonchev–Trinajstić information content (AvgIpc) is 3.01. The summed E-state index contributed by atoms with van der Waals surface area (Å²) < 4.78 is 11.1. The Labute approximate surface area is 253 Å². The number of nitrogens with one attached hydrogen (secondary N) is 2. The summed E-state index contributed by atoms with van der Waals surface area (Å²) in [5.74, 6) is -3.53. The Morgan fingerprint density at radius 2 is 1.07 bits per heavy atom. The Morgan fingerprint density at radius 1 is 0.651 bits per heavy atom. The summed E-state index contributed by atoms with van der Waals surface area (Å²) in [6.07, 6.45) is 0.295. The number of ether oxygens (including phenoxy) is 2. The zero-order valence-electron chi connectivity index (χ0n) is 24.5. The Balaban J connectivity index is 1.75. The molecule has 0 fully saturated rings. The molecule has 8 nitrogen and oxygen atoms in total. The minimum atomic E-state index is -1.41. The first-order chi connectivity index (χ1) is 20.8. The van der Waals surface area contributed by atoms with Gasteiger partial charge in [0.15, 0.2) is 0 Å². The normalized spacial score (nSPS) is 11.0. The van der Waals surface area contributed by atoms with E-state index in [2.05, 4.69) is 10.6 Å². The average molecular weight is 580 g/mol. The van der Waals surface area contributed by atoms with Crippen molar-refractivity contribution in [1.29, 1.82) is 0 Å². The van der Waals surface area contributed by atoms with Crippen LogP contribution in [0.15, 0.2) is 115 Å². The van der Waals surface area contributed by atoms with E-state index in [0.29, 0.717) is 12.0 Å². The Morgan fingerprint density at radius 3 is 1.53 bits per heavy atom. The van der Waals surface area contributed by atoms with Crippen LogP contribution in [-0.2, 0) is 27.5 Å². The molecule has 0 aromatic heterocycles. The molecule has 0 unspecified atom stereocenters. The first-order valence-corrected chi connectivity index (χ1v) is 14.2. The molecule has 9 heteroatoms. The zero-order valence-corrected chi connectivity index (χ0v) is 24.5. The maximum Gasteiger partial charge on any atom is 0.432 e. The van der Waals surface area contributed by atoms with Crippen LogP contribution in [0.5, 0.6) is 0 Å². The summed E-state index contributed by atoms with van der Waals surface area (Å²) in [7, 11) is 0. The quantitative estimate of drug-likeness (QED) is 0.242. The molecule has 2 amide bonds. The van der Waals surface area contributed by atoms with E-state index < -0.39 is 36.2 Å². The smallest absolute Gasteiger partial charge is 0.432 e. The van der Waals surface area contributed by atoms with Gasteiger partial charge >= 0.3 is 6.71 Å². The first kappa shape index (κ1) is 32.6. The first-order valence-electron chi connectivity index (χ1n) is 14.2. The highest BCUT2D eigenvalue weighted by Crippen LogP contribution is 2.14. The fourth-order valence-corrected chi connectivity index (χ4v) is 4.21. The molecule has 2 N–H and O–H groups in total. The molecule has 0 radical (unpaired) electrons. The van der Waals surface area contributed by atoms with Crippen LogP contribution in [0.25, 0.3) is 0 Å². The maximum absolute atomic E-state index is 13.4.